The van der Waals surface area contributed by atoms with Gasteiger partial charge in [-0.1, -0.05) is 67.6 Å². The molecule has 3 amide bonds. The van der Waals surface area contributed by atoms with Crippen LogP contribution in [0.15, 0.2) is 110 Å². The zero-order valence-corrected chi connectivity index (χ0v) is 27.6. The van der Waals surface area contributed by atoms with Gasteiger partial charge >= 0.3 is 0 Å². The number of ether oxygens (including phenoxy) is 1. The number of thioether (sulfide) groups is 1. The highest BCUT2D eigenvalue weighted by atomic mass is 32.2. The molecule has 6 rings (SSSR count). The number of fused-ring (bicyclic) bond motifs is 1. The Kier molecular flexibility index (Phi) is 9.30. The topological polar surface area (TPSA) is 90.4 Å². The van der Waals surface area contributed by atoms with E-state index in [1.165, 1.54) is 0 Å². The van der Waals surface area contributed by atoms with Crippen LogP contribution in [-0.2, 0) is 14.4 Å². The molecule has 3 fully saturated rings. The summed E-state index contributed by atoms with van der Waals surface area (Å²) in [7, 11) is 1.59. The number of nitrogens with zero attached hydrogens (tertiary/aromatic N) is 3. The highest BCUT2D eigenvalue weighted by Crippen LogP contribution is 2.69. The summed E-state index contributed by atoms with van der Waals surface area (Å²) in [6.07, 6.45) is 4.05. The minimum atomic E-state index is -0.938. The number of methoxy groups -OCH3 is 1. The molecule has 0 radical (unpaired) electrons. The first-order valence-electron chi connectivity index (χ1n) is 16.0. The number of aliphatic hydroxyl groups excluding tert-OH is 1. The fourth-order valence-corrected chi connectivity index (χ4v) is 10.4. The van der Waals surface area contributed by atoms with Gasteiger partial charge in [0.25, 0.3) is 5.91 Å². The number of hydrogen-bond acceptors (Lipinski definition) is 6. The third-order valence-corrected chi connectivity index (χ3v) is 12.1. The molecule has 1 spiro atoms. The van der Waals surface area contributed by atoms with Gasteiger partial charge in [0.05, 0.1) is 36.3 Å². The third kappa shape index (κ3) is 5.35. The highest BCUT2D eigenvalue weighted by molar-refractivity contribution is 8.02. The monoisotopic (exact) mass is 651 g/mol. The van der Waals surface area contributed by atoms with E-state index in [1.807, 2.05) is 72.8 Å². The van der Waals surface area contributed by atoms with Gasteiger partial charge in [0, 0.05) is 29.7 Å². The van der Waals surface area contributed by atoms with Crippen molar-refractivity contribution in [2.45, 2.75) is 35.4 Å². The van der Waals surface area contributed by atoms with Crippen molar-refractivity contribution in [2.24, 2.45) is 17.8 Å². The molecular formula is C38H41N3O5S. The summed E-state index contributed by atoms with van der Waals surface area (Å²) in [4.78, 5) is 49.8. The van der Waals surface area contributed by atoms with Crippen molar-refractivity contribution in [3.63, 3.8) is 0 Å². The summed E-state index contributed by atoms with van der Waals surface area (Å²) in [6, 6.07) is 24.3. The fraction of sp³-hybridized carbons (Fsp3) is 0.342. The molecule has 3 unspecified atom stereocenters. The van der Waals surface area contributed by atoms with Crippen molar-refractivity contribution >= 4 is 40.9 Å². The predicted molar refractivity (Wildman–Crippen MR) is 186 cm³/mol. The van der Waals surface area contributed by atoms with Gasteiger partial charge in [0.1, 0.15) is 11.8 Å². The molecule has 8 nitrogen and oxygen atoms in total. The Morgan fingerprint density at radius 1 is 0.957 bits per heavy atom. The van der Waals surface area contributed by atoms with Crippen LogP contribution in [-0.4, -0.2) is 70.6 Å². The second kappa shape index (κ2) is 13.4. The molecule has 3 aliphatic heterocycles. The maximum Gasteiger partial charge on any atom is 0.251 e. The lowest BCUT2D eigenvalue weighted by Gasteiger charge is -2.42. The number of aliphatic hydroxyl groups is 1. The van der Waals surface area contributed by atoms with Gasteiger partial charge in [0.2, 0.25) is 11.8 Å². The molecule has 3 aromatic carbocycles. The van der Waals surface area contributed by atoms with E-state index in [-0.39, 0.29) is 42.0 Å². The van der Waals surface area contributed by atoms with Gasteiger partial charge in [-0.05, 0) is 54.3 Å². The van der Waals surface area contributed by atoms with Gasteiger partial charge in [-0.15, -0.1) is 24.9 Å². The first-order valence-corrected chi connectivity index (χ1v) is 16.9. The number of carbonyl (C=O) groups excluding carboxylic acids is 3. The first kappa shape index (κ1) is 32.6. The number of benzene rings is 3. The second-order valence-corrected chi connectivity index (χ2v) is 14.0. The van der Waals surface area contributed by atoms with Crippen molar-refractivity contribution in [1.82, 2.24) is 4.90 Å². The summed E-state index contributed by atoms with van der Waals surface area (Å²) in [6.45, 7) is 10.1. The Morgan fingerprint density at radius 3 is 2.11 bits per heavy atom. The Morgan fingerprint density at radius 2 is 1.53 bits per heavy atom. The maximum atomic E-state index is 15.2. The molecule has 3 heterocycles. The Bertz CT molecular complexity index is 1630. The average Bonchev–Trinajstić information content (AvgIpc) is 3.70. The zero-order chi connectivity index (χ0) is 33.3. The Labute approximate surface area is 280 Å². The molecule has 0 saturated carbocycles. The largest absolute Gasteiger partial charge is 0.497 e. The smallest absolute Gasteiger partial charge is 0.251 e. The lowest BCUT2D eigenvalue weighted by Crippen LogP contribution is -2.58. The van der Waals surface area contributed by atoms with E-state index >= 15 is 9.59 Å². The molecule has 2 bridgehead atoms. The molecule has 3 saturated heterocycles. The summed E-state index contributed by atoms with van der Waals surface area (Å²) in [5.41, 5.74) is 2.10. The Balaban J connectivity index is 1.49. The molecule has 3 aliphatic rings. The first-order chi connectivity index (χ1) is 22.8. The fourth-order valence-electron chi connectivity index (χ4n) is 7.99. The molecule has 0 aromatic heterocycles. The normalized spacial score (nSPS) is 26.4. The van der Waals surface area contributed by atoms with Crippen LogP contribution in [0.3, 0.4) is 0 Å². The summed E-state index contributed by atoms with van der Waals surface area (Å²) in [5, 5.41) is 10.8. The van der Waals surface area contributed by atoms with E-state index in [0.29, 0.717) is 24.4 Å². The number of carbonyl (C=O) groups is 3. The van der Waals surface area contributed by atoms with Crippen molar-refractivity contribution in [3.8, 4) is 5.75 Å². The van der Waals surface area contributed by atoms with Crippen molar-refractivity contribution in [3.05, 3.63) is 116 Å². The van der Waals surface area contributed by atoms with Gasteiger partial charge in [-0.25, -0.2) is 0 Å². The van der Waals surface area contributed by atoms with Crippen LogP contribution in [0.25, 0.3) is 0 Å². The van der Waals surface area contributed by atoms with Crippen molar-refractivity contribution < 1.29 is 24.2 Å². The summed E-state index contributed by atoms with van der Waals surface area (Å²) < 4.78 is 4.47. The molecule has 0 aliphatic carbocycles. The predicted octanol–water partition coefficient (Wildman–Crippen LogP) is 5.50. The standard InChI is InChI=1S/C38H41N3O5S/c1-5-21-39(27-15-11-8-12-16-27)35(43)32-31-23-25(3)38(47-31)33(32)36(44)41(30(24-42)26-13-9-7-10-14-26)34(38)37(45)40(22-6-2)28-17-19-29(46-4)20-18-28/h5-20,25,30-34,42H,1-2,21-24H2,3-4H3/t25?,30-,31+,32-,33+,34?,38?/m1/s1. The summed E-state index contributed by atoms with van der Waals surface area (Å²) >= 11 is 1.62. The van der Waals surface area contributed by atoms with E-state index in [0.717, 1.165) is 11.3 Å². The average molecular weight is 652 g/mol. The second-order valence-electron chi connectivity index (χ2n) is 12.4. The minimum Gasteiger partial charge on any atom is -0.497 e. The quantitative estimate of drug-likeness (QED) is 0.260. The SMILES string of the molecule is C=CCN(C(=O)C1N([C@H](CO)c2ccccc2)C(=O)[C@@H]2[C@H](C(=O)N(CC=C)c3ccccc3)[C@@H]3CC(C)C12S3)c1ccc(OC)cc1. The molecule has 47 heavy (non-hydrogen) atoms. The van der Waals surface area contributed by atoms with Gasteiger partial charge in [0.15, 0.2) is 0 Å². The maximum absolute atomic E-state index is 15.2. The number of para-hydroxylation sites is 1. The number of amides is 3. The minimum absolute atomic E-state index is 0.0457. The van der Waals surface area contributed by atoms with E-state index in [2.05, 4.69) is 20.1 Å². The van der Waals surface area contributed by atoms with Crippen LogP contribution in [0.4, 0.5) is 11.4 Å². The number of anilines is 2. The lowest BCUT2D eigenvalue weighted by atomic mass is 9.65. The lowest BCUT2D eigenvalue weighted by molar-refractivity contribution is -0.142. The third-order valence-electron chi connectivity index (χ3n) is 10.0. The highest BCUT2D eigenvalue weighted by Gasteiger charge is 2.77. The molecule has 9 heteroatoms. The number of rotatable bonds is 12. The van der Waals surface area contributed by atoms with Gasteiger partial charge in [-0.3, -0.25) is 14.4 Å². The van der Waals surface area contributed by atoms with Crippen LogP contribution >= 0.6 is 11.8 Å². The van der Waals surface area contributed by atoms with Gasteiger partial charge < -0.3 is 24.5 Å². The van der Waals surface area contributed by atoms with E-state index in [4.69, 9.17) is 4.74 Å². The summed E-state index contributed by atoms with van der Waals surface area (Å²) in [5.74, 6) is -1.47. The van der Waals surface area contributed by atoms with Crippen LogP contribution < -0.4 is 14.5 Å². The van der Waals surface area contributed by atoms with Crippen LogP contribution in [0.1, 0.15) is 24.9 Å². The number of hydrogen-bond donors (Lipinski definition) is 1. The van der Waals surface area contributed by atoms with Crippen LogP contribution in [0.5, 0.6) is 5.75 Å². The van der Waals surface area contributed by atoms with E-state index in [1.54, 1.807) is 57.9 Å². The molecule has 7 atom stereocenters. The molecular weight excluding hydrogens is 611 g/mol. The molecule has 1 N–H and O–H groups in total. The molecule has 244 valence electrons. The van der Waals surface area contributed by atoms with Crippen LogP contribution in [0, 0.1) is 17.8 Å². The molecule has 3 aromatic rings. The van der Waals surface area contributed by atoms with Crippen molar-refractivity contribution in [2.75, 3.05) is 36.6 Å². The van der Waals surface area contributed by atoms with Crippen molar-refractivity contribution in [1.29, 1.82) is 0 Å². The van der Waals surface area contributed by atoms with Gasteiger partial charge in [-0.2, -0.15) is 0 Å². The zero-order valence-electron chi connectivity index (χ0n) is 26.8. The Hall–Kier alpha value is -4.34. The number of likely N-dealkylation sites (tertiary alicyclic amines) is 1. The van der Waals surface area contributed by atoms with E-state index in [9.17, 15) is 9.90 Å². The van der Waals surface area contributed by atoms with E-state index < -0.39 is 28.7 Å². The van der Waals surface area contributed by atoms with Crippen LogP contribution in [0.2, 0.25) is 0 Å².